The number of hydrogen-bond donors (Lipinski definition) is 0. The van der Waals surface area contributed by atoms with E-state index in [1.165, 1.54) is 24.3 Å². The molecule has 1 amide bonds. The third-order valence-electron chi connectivity index (χ3n) is 4.31. The zero-order valence-electron chi connectivity index (χ0n) is 13.0. The molecule has 5 heteroatoms. The summed E-state index contributed by atoms with van der Waals surface area (Å²) in [6, 6.07) is 12.5. The van der Waals surface area contributed by atoms with Crippen LogP contribution in [0.25, 0.3) is 0 Å². The Hall–Kier alpha value is -2.20. The molecule has 1 aliphatic rings. The average molecular weight is 346 g/mol. The van der Waals surface area contributed by atoms with Crippen LogP contribution < -0.4 is 0 Å². The quantitative estimate of drug-likeness (QED) is 0.781. The van der Waals surface area contributed by atoms with Gasteiger partial charge in [-0.25, -0.2) is 4.39 Å². The summed E-state index contributed by atoms with van der Waals surface area (Å²) in [5.41, 5.74) is 0.933. The molecule has 3 nitrogen and oxygen atoms in total. The Labute approximate surface area is 145 Å². The topological polar surface area (TPSA) is 37.4 Å². The first-order valence-corrected chi connectivity index (χ1v) is 8.27. The van der Waals surface area contributed by atoms with Gasteiger partial charge in [0.05, 0.1) is 10.6 Å². The van der Waals surface area contributed by atoms with Crippen LogP contribution in [0, 0.1) is 11.7 Å². The molecular formula is C19H17ClFNO2. The number of rotatable bonds is 3. The standard InChI is InChI=1S/C19H17ClFNO2/c20-17-6-2-1-5-16(17)19(24)22-11-3-4-14(12-22)18(23)13-7-9-15(21)10-8-13/h1-2,5-10,14H,3-4,11-12H2. The third kappa shape index (κ3) is 3.49. The number of likely N-dealkylation sites (tertiary alicyclic amines) is 1. The van der Waals surface area contributed by atoms with Crippen LogP contribution in [0.5, 0.6) is 0 Å². The number of piperidine rings is 1. The van der Waals surface area contributed by atoms with Gasteiger partial charge in [-0.15, -0.1) is 0 Å². The number of carbonyl (C=O) groups is 2. The zero-order valence-corrected chi connectivity index (χ0v) is 13.8. The number of ketones is 1. The molecule has 0 aliphatic carbocycles. The van der Waals surface area contributed by atoms with E-state index in [1.807, 2.05) is 0 Å². The molecule has 0 saturated carbocycles. The van der Waals surface area contributed by atoms with E-state index in [2.05, 4.69) is 0 Å². The van der Waals surface area contributed by atoms with Crippen molar-refractivity contribution in [1.29, 1.82) is 0 Å². The molecule has 1 aliphatic heterocycles. The van der Waals surface area contributed by atoms with Gasteiger partial charge in [0.1, 0.15) is 5.82 Å². The van der Waals surface area contributed by atoms with Crippen LogP contribution >= 0.6 is 11.6 Å². The smallest absolute Gasteiger partial charge is 0.255 e. The molecule has 0 N–H and O–H groups in total. The fraction of sp³-hybridized carbons (Fsp3) is 0.263. The Kier molecular flexibility index (Phi) is 4.95. The van der Waals surface area contributed by atoms with Gasteiger partial charge in [0.15, 0.2) is 5.78 Å². The Morgan fingerprint density at radius 3 is 2.50 bits per heavy atom. The van der Waals surface area contributed by atoms with Crippen molar-refractivity contribution in [2.24, 2.45) is 5.92 Å². The summed E-state index contributed by atoms with van der Waals surface area (Å²) in [6.45, 7) is 0.970. The lowest BCUT2D eigenvalue weighted by Crippen LogP contribution is -2.42. The Bertz CT molecular complexity index is 760. The monoisotopic (exact) mass is 345 g/mol. The summed E-state index contributed by atoms with van der Waals surface area (Å²) >= 11 is 6.10. The first kappa shape index (κ1) is 16.7. The molecule has 2 aromatic rings. The van der Waals surface area contributed by atoms with Crippen molar-refractivity contribution < 1.29 is 14.0 Å². The van der Waals surface area contributed by atoms with Gasteiger partial charge in [-0.2, -0.15) is 0 Å². The van der Waals surface area contributed by atoms with E-state index in [9.17, 15) is 14.0 Å². The van der Waals surface area contributed by atoms with Crippen LogP contribution in [-0.4, -0.2) is 29.7 Å². The lowest BCUT2D eigenvalue weighted by atomic mass is 9.89. The fourth-order valence-electron chi connectivity index (χ4n) is 3.03. The molecule has 1 saturated heterocycles. The number of nitrogens with zero attached hydrogens (tertiary/aromatic N) is 1. The molecule has 1 heterocycles. The Morgan fingerprint density at radius 2 is 1.79 bits per heavy atom. The number of amides is 1. The van der Waals surface area contributed by atoms with Crippen molar-refractivity contribution in [1.82, 2.24) is 4.90 Å². The lowest BCUT2D eigenvalue weighted by molar-refractivity contribution is 0.0637. The highest BCUT2D eigenvalue weighted by molar-refractivity contribution is 6.33. The maximum atomic E-state index is 13.0. The van der Waals surface area contributed by atoms with Gasteiger partial charge in [0, 0.05) is 24.6 Å². The molecule has 1 unspecified atom stereocenters. The van der Waals surface area contributed by atoms with Crippen LogP contribution in [0.2, 0.25) is 5.02 Å². The largest absolute Gasteiger partial charge is 0.338 e. The van der Waals surface area contributed by atoms with Crippen molar-refractivity contribution in [3.63, 3.8) is 0 Å². The minimum atomic E-state index is -0.370. The Balaban J connectivity index is 1.74. The molecule has 0 spiro atoms. The van der Waals surface area contributed by atoms with E-state index >= 15 is 0 Å². The van der Waals surface area contributed by atoms with Crippen LogP contribution in [0.4, 0.5) is 4.39 Å². The van der Waals surface area contributed by atoms with Gasteiger partial charge in [-0.3, -0.25) is 9.59 Å². The highest BCUT2D eigenvalue weighted by Gasteiger charge is 2.30. The number of carbonyl (C=O) groups excluding carboxylic acids is 2. The predicted octanol–water partition coefficient (Wildman–Crippen LogP) is 4.21. The Morgan fingerprint density at radius 1 is 1.08 bits per heavy atom. The SMILES string of the molecule is O=C(c1ccc(F)cc1)C1CCCN(C(=O)c2ccccc2Cl)C1. The number of halogens is 2. The minimum Gasteiger partial charge on any atom is -0.338 e. The molecule has 0 aromatic heterocycles. The van der Waals surface area contributed by atoms with Crippen molar-refractivity contribution in [3.8, 4) is 0 Å². The number of benzene rings is 2. The maximum Gasteiger partial charge on any atom is 0.255 e. The van der Waals surface area contributed by atoms with Gasteiger partial charge in [-0.1, -0.05) is 23.7 Å². The van der Waals surface area contributed by atoms with Gasteiger partial charge in [0.25, 0.3) is 5.91 Å². The summed E-state index contributed by atoms with van der Waals surface area (Å²) in [5.74, 6) is -0.842. The van der Waals surface area contributed by atoms with E-state index in [-0.39, 0.29) is 23.4 Å². The average Bonchev–Trinajstić information content (AvgIpc) is 2.62. The first-order valence-electron chi connectivity index (χ1n) is 7.90. The molecule has 0 bridgehead atoms. The molecule has 1 atom stereocenters. The molecule has 1 fully saturated rings. The number of Topliss-reactive ketones (excluding diaryl/α,β-unsaturated/α-hetero) is 1. The van der Waals surface area contributed by atoms with Crippen LogP contribution in [0.1, 0.15) is 33.6 Å². The van der Waals surface area contributed by atoms with Crippen LogP contribution in [-0.2, 0) is 0 Å². The summed E-state index contributed by atoms with van der Waals surface area (Å²) < 4.78 is 13.0. The second-order valence-electron chi connectivity index (χ2n) is 5.94. The van der Waals surface area contributed by atoms with Gasteiger partial charge in [-0.05, 0) is 49.2 Å². The molecule has 3 rings (SSSR count). The summed E-state index contributed by atoms with van der Waals surface area (Å²) in [5, 5.41) is 0.412. The van der Waals surface area contributed by atoms with Crippen LogP contribution in [0.3, 0.4) is 0 Å². The summed E-state index contributed by atoms with van der Waals surface area (Å²) in [6.07, 6.45) is 1.48. The van der Waals surface area contributed by atoms with E-state index in [1.54, 1.807) is 29.2 Å². The fourth-order valence-corrected chi connectivity index (χ4v) is 3.25. The van der Waals surface area contributed by atoms with Gasteiger partial charge in [0.2, 0.25) is 0 Å². The third-order valence-corrected chi connectivity index (χ3v) is 4.64. The summed E-state index contributed by atoms with van der Waals surface area (Å²) in [4.78, 5) is 26.9. The molecule has 24 heavy (non-hydrogen) atoms. The number of hydrogen-bond acceptors (Lipinski definition) is 2. The normalized spacial score (nSPS) is 17.6. The van der Waals surface area contributed by atoms with E-state index < -0.39 is 0 Å². The van der Waals surface area contributed by atoms with Gasteiger partial charge >= 0.3 is 0 Å². The zero-order chi connectivity index (χ0) is 17.1. The first-order chi connectivity index (χ1) is 11.6. The van der Waals surface area contributed by atoms with Crippen LogP contribution in [0.15, 0.2) is 48.5 Å². The summed E-state index contributed by atoms with van der Waals surface area (Å²) in [7, 11) is 0. The lowest BCUT2D eigenvalue weighted by Gasteiger charge is -2.32. The highest BCUT2D eigenvalue weighted by Crippen LogP contribution is 2.24. The molecule has 0 radical (unpaired) electrons. The molecule has 2 aromatic carbocycles. The van der Waals surface area contributed by atoms with Crippen molar-refractivity contribution in [3.05, 3.63) is 70.5 Å². The molecule has 124 valence electrons. The van der Waals surface area contributed by atoms with E-state index in [0.717, 1.165) is 12.8 Å². The maximum absolute atomic E-state index is 13.0. The minimum absolute atomic E-state index is 0.0494. The predicted molar refractivity (Wildman–Crippen MR) is 90.8 cm³/mol. The van der Waals surface area contributed by atoms with E-state index in [0.29, 0.717) is 29.2 Å². The molecular weight excluding hydrogens is 329 g/mol. The van der Waals surface area contributed by atoms with E-state index in [4.69, 9.17) is 11.6 Å². The highest BCUT2D eigenvalue weighted by atomic mass is 35.5. The second kappa shape index (κ2) is 7.14. The second-order valence-corrected chi connectivity index (χ2v) is 6.35. The van der Waals surface area contributed by atoms with Crippen molar-refractivity contribution in [2.45, 2.75) is 12.8 Å². The van der Waals surface area contributed by atoms with Crippen molar-refractivity contribution in [2.75, 3.05) is 13.1 Å². The van der Waals surface area contributed by atoms with Crippen molar-refractivity contribution >= 4 is 23.3 Å². The van der Waals surface area contributed by atoms with Gasteiger partial charge < -0.3 is 4.90 Å².